The Labute approximate surface area is 156 Å². The second-order valence-electron chi connectivity index (χ2n) is 5.55. The average Bonchev–Trinajstić information content (AvgIpc) is 2.72. The predicted molar refractivity (Wildman–Crippen MR) is 102 cm³/mol. The second-order valence-corrected chi connectivity index (χ2v) is 5.55. The number of hydrogen-bond acceptors (Lipinski definition) is 6. The number of halogens is 1. The number of aliphatic imine (C=N–C) groups is 1. The number of aromatic nitrogens is 3. The fourth-order valence-electron chi connectivity index (χ4n) is 2.33. The topological polar surface area (TPSA) is 86.3 Å². The van der Waals surface area contributed by atoms with Crippen LogP contribution in [0.5, 0.6) is 5.88 Å². The van der Waals surface area contributed by atoms with Gasteiger partial charge in [-0.3, -0.25) is 4.99 Å². The molecule has 0 atom stereocenters. The number of hydrogen-bond donors (Lipinski definition) is 1. The normalized spacial score (nSPS) is 12.1. The molecule has 0 saturated heterocycles. The van der Waals surface area contributed by atoms with Gasteiger partial charge < -0.3 is 10.5 Å². The SMILES string of the molecule is COc1ccc(C(C=C(N)c2ncccn2)=NCc2ccccc2F)cn1. The summed E-state index contributed by atoms with van der Waals surface area (Å²) in [6, 6.07) is 11.7. The Balaban J connectivity index is 1.97. The van der Waals surface area contributed by atoms with E-state index in [4.69, 9.17) is 10.5 Å². The Hall–Kier alpha value is -3.61. The third kappa shape index (κ3) is 4.72. The summed E-state index contributed by atoms with van der Waals surface area (Å²) in [5.41, 5.74) is 8.21. The van der Waals surface area contributed by atoms with Crippen molar-refractivity contribution in [2.75, 3.05) is 7.11 Å². The van der Waals surface area contributed by atoms with E-state index in [1.807, 2.05) is 6.07 Å². The number of methoxy groups -OCH3 is 1. The Kier molecular flexibility index (Phi) is 5.84. The van der Waals surface area contributed by atoms with Crippen LogP contribution in [0, 0.1) is 5.82 Å². The van der Waals surface area contributed by atoms with Gasteiger partial charge in [0, 0.05) is 35.8 Å². The van der Waals surface area contributed by atoms with Crippen molar-refractivity contribution in [1.82, 2.24) is 15.0 Å². The summed E-state index contributed by atoms with van der Waals surface area (Å²) in [5.74, 6) is 0.560. The zero-order valence-corrected chi connectivity index (χ0v) is 14.7. The molecule has 0 unspecified atom stereocenters. The standard InChI is InChI=1S/C20H18FN5O/c1-27-19-8-7-15(13-26-19)18(11-17(22)20-23-9-4-10-24-20)25-12-14-5-2-3-6-16(14)21/h2-11,13H,12,22H2,1H3. The van der Waals surface area contributed by atoms with Crippen LogP contribution in [-0.4, -0.2) is 27.8 Å². The predicted octanol–water partition coefficient (Wildman–Crippen LogP) is 3.01. The van der Waals surface area contributed by atoms with Crippen LogP contribution >= 0.6 is 0 Å². The molecule has 0 spiro atoms. The van der Waals surface area contributed by atoms with Gasteiger partial charge in [0.2, 0.25) is 5.88 Å². The number of allylic oxidation sites excluding steroid dienone is 1. The maximum Gasteiger partial charge on any atom is 0.212 e. The highest BCUT2D eigenvalue weighted by Gasteiger charge is 2.07. The van der Waals surface area contributed by atoms with Crippen LogP contribution < -0.4 is 10.5 Å². The van der Waals surface area contributed by atoms with Crippen LogP contribution in [0.3, 0.4) is 0 Å². The smallest absolute Gasteiger partial charge is 0.212 e. The van der Waals surface area contributed by atoms with Crippen molar-refractivity contribution in [3.8, 4) is 5.88 Å². The molecule has 0 aliphatic heterocycles. The van der Waals surface area contributed by atoms with E-state index in [1.165, 1.54) is 6.07 Å². The molecule has 0 aliphatic rings. The van der Waals surface area contributed by atoms with Gasteiger partial charge >= 0.3 is 0 Å². The number of nitrogens with zero attached hydrogens (tertiary/aromatic N) is 4. The van der Waals surface area contributed by atoms with Gasteiger partial charge in [-0.15, -0.1) is 0 Å². The van der Waals surface area contributed by atoms with Crippen molar-refractivity contribution < 1.29 is 9.13 Å². The summed E-state index contributed by atoms with van der Waals surface area (Å²) < 4.78 is 19.0. The maximum atomic E-state index is 13.9. The van der Waals surface area contributed by atoms with E-state index in [0.29, 0.717) is 34.2 Å². The largest absolute Gasteiger partial charge is 0.481 e. The lowest BCUT2D eigenvalue weighted by Gasteiger charge is -2.06. The maximum absolute atomic E-state index is 13.9. The minimum Gasteiger partial charge on any atom is -0.481 e. The number of nitrogens with two attached hydrogens (primary N) is 1. The van der Waals surface area contributed by atoms with E-state index in [9.17, 15) is 4.39 Å². The fourth-order valence-corrected chi connectivity index (χ4v) is 2.33. The molecule has 0 aliphatic carbocycles. The van der Waals surface area contributed by atoms with Gasteiger partial charge in [0.25, 0.3) is 0 Å². The highest BCUT2D eigenvalue weighted by molar-refractivity contribution is 6.11. The Bertz CT molecular complexity index is 956. The van der Waals surface area contributed by atoms with Crippen LogP contribution in [0.15, 0.2) is 72.1 Å². The minimum atomic E-state index is -0.309. The van der Waals surface area contributed by atoms with Gasteiger partial charge in [0.05, 0.1) is 25.1 Å². The molecule has 0 saturated carbocycles. The molecule has 3 aromatic rings. The van der Waals surface area contributed by atoms with Crippen molar-refractivity contribution in [3.05, 3.63) is 89.9 Å². The quantitative estimate of drug-likeness (QED) is 0.681. The monoisotopic (exact) mass is 363 g/mol. The lowest BCUT2D eigenvalue weighted by Crippen LogP contribution is -2.07. The molecule has 0 amide bonds. The minimum absolute atomic E-state index is 0.160. The van der Waals surface area contributed by atoms with Crippen LogP contribution in [0.4, 0.5) is 4.39 Å². The van der Waals surface area contributed by atoms with Crippen LogP contribution in [0.25, 0.3) is 5.70 Å². The first-order valence-corrected chi connectivity index (χ1v) is 8.20. The van der Waals surface area contributed by atoms with Gasteiger partial charge in [0.15, 0.2) is 5.82 Å². The molecule has 1 aromatic carbocycles. The first-order valence-electron chi connectivity index (χ1n) is 8.20. The number of ether oxygens (including phenoxy) is 1. The van der Waals surface area contributed by atoms with E-state index in [-0.39, 0.29) is 12.4 Å². The zero-order valence-electron chi connectivity index (χ0n) is 14.7. The average molecular weight is 363 g/mol. The molecule has 6 nitrogen and oxygen atoms in total. The molecular formula is C20H18FN5O. The summed E-state index contributed by atoms with van der Waals surface area (Å²) in [7, 11) is 1.54. The molecule has 7 heteroatoms. The first-order chi connectivity index (χ1) is 13.2. The molecule has 0 radical (unpaired) electrons. The molecule has 2 heterocycles. The molecule has 0 bridgehead atoms. The van der Waals surface area contributed by atoms with Crippen molar-refractivity contribution in [3.63, 3.8) is 0 Å². The second kappa shape index (κ2) is 8.66. The first kappa shape index (κ1) is 18.2. The number of benzene rings is 1. The summed E-state index contributed by atoms with van der Waals surface area (Å²) in [6.45, 7) is 0.160. The van der Waals surface area contributed by atoms with Gasteiger partial charge in [-0.05, 0) is 24.3 Å². The Morgan fingerprint density at radius 1 is 1.11 bits per heavy atom. The van der Waals surface area contributed by atoms with Gasteiger partial charge in [-0.1, -0.05) is 18.2 Å². The fraction of sp³-hybridized carbons (Fsp3) is 0.100. The summed E-state index contributed by atoms with van der Waals surface area (Å²) in [6.07, 6.45) is 6.48. The van der Waals surface area contributed by atoms with Crippen LogP contribution in [0.1, 0.15) is 17.0 Å². The summed E-state index contributed by atoms with van der Waals surface area (Å²) in [5, 5.41) is 0. The highest BCUT2D eigenvalue weighted by Crippen LogP contribution is 2.13. The third-order valence-corrected chi connectivity index (χ3v) is 3.74. The zero-order chi connectivity index (χ0) is 19.1. The van der Waals surface area contributed by atoms with Gasteiger partial charge in [0.1, 0.15) is 5.82 Å². The number of pyridine rings is 1. The summed E-state index contributed by atoms with van der Waals surface area (Å²) in [4.78, 5) is 17.0. The van der Waals surface area contributed by atoms with E-state index in [1.54, 1.807) is 62.1 Å². The van der Waals surface area contributed by atoms with Crippen molar-refractivity contribution >= 4 is 11.4 Å². The molecule has 0 fully saturated rings. The van der Waals surface area contributed by atoms with E-state index >= 15 is 0 Å². The Morgan fingerprint density at radius 3 is 2.56 bits per heavy atom. The van der Waals surface area contributed by atoms with Crippen LogP contribution in [0.2, 0.25) is 0 Å². The van der Waals surface area contributed by atoms with E-state index < -0.39 is 0 Å². The van der Waals surface area contributed by atoms with E-state index in [2.05, 4.69) is 19.9 Å². The third-order valence-electron chi connectivity index (χ3n) is 3.74. The molecule has 3 rings (SSSR count). The highest BCUT2D eigenvalue weighted by atomic mass is 19.1. The van der Waals surface area contributed by atoms with Crippen LogP contribution in [-0.2, 0) is 6.54 Å². The van der Waals surface area contributed by atoms with Crippen molar-refractivity contribution in [1.29, 1.82) is 0 Å². The lowest BCUT2D eigenvalue weighted by atomic mass is 10.1. The Morgan fingerprint density at radius 2 is 1.89 bits per heavy atom. The van der Waals surface area contributed by atoms with Gasteiger partial charge in [-0.25, -0.2) is 19.3 Å². The molecule has 2 aromatic heterocycles. The van der Waals surface area contributed by atoms with Gasteiger partial charge in [-0.2, -0.15) is 0 Å². The molecular weight excluding hydrogens is 345 g/mol. The lowest BCUT2D eigenvalue weighted by molar-refractivity contribution is 0.398. The molecule has 27 heavy (non-hydrogen) atoms. The summed E-state index contributed by atoms with van der Waals surface area (Å²) >= 11 is 0. The molecule has 136 valence electrons. The molecule has 2 N–H and O–H groups in total. The van der Waals surface area contributed by atoms with E-state index in [0.717, 1.165) is 0 Å². The number of rotatable bonds is 6. The van der Waals surface area contributed by atoms with Crippen molar-refractivity contribution in [2.45, 2.75) is 6.54 Å². The van der Waals surface area contributed by atoms with Crippen molar-refractivity contribution in [2.24, 2.45) is 10.7 Å².